The molecule has 4 rings (SSSR count). The molecule has 0 saturated carbocycles. The number of fused-ring (bicyclic) bond motifs is 1. The third-order valence-corrected chi connectivity index (χ3v) is 5.04. The van der Waals surface area contributed by atoms with E-state index in [4.69, 9.17) is 4.74 Å². The number of nitrogens with one attached hydrogen (secondary N) is 1. The molecule has 1 N–H and O–H groups in total. The van der Waals surface area contributed by atoms with Gasteiger partial charge in [-0.3, -0.25) is 9.59 Å². The zero-order chi connectivity index (χ0) is 23.2. The molecule has 1 aromatic heterocycles. The van der Waals surface area contributed by atoms with Crippen molar-refractivity contribution in [2.24, 2.45) is 0 Å². The number of aromatic nitrogens is 3. The van der Waals surface area contributed by atoms with Gasteiger partial charge in [-0.25, -0.2) is 4.68 Å². The minimum Gasteiger partial charge on any atom is -0.454 e. The van der Waals surface area contributed by atoms with Gasteiger partial charge in [0.05, 0.1) is 5.52 Å². The molecular formula is C25H25N5O3. The lowest BCUT2D eigenvalue weighted by Crippen LogP contribution is -2.25. The van der Waals surface area contributed by atoms with Crippen molar-refractivity contribution in [3.63, 3.8) is 0 Å². The number of nitrogens with zero attached hydrogens (tertiary/aromatic N) is 4. The Hall–Kier alpha value is -4.20. The third-order valence-electron chi connectivity index (χ3n) is 5.04. The SMILES string of the molecule is CC(C)N(c1ccccc1)c1ccc(NC(=O)COC(=O)Cn2nnc3ccccc32)cc1. The summed E-state index contributed by atoms with van der Waals surface area (Å²) in [6.07, 6.45) is 0. The quantitative estimate of drug-likeness (QED) is 0.411. The average molecular weight is 444 g/mol. The van der Waals surface area contributed by atoms with Crippen molar-refractivity contribution < 1.29 is 14.3 Å². The fourth-order valence-corrected chi connectivity index (χ4v) is 3.58. The van der Waals surface area contributed by atoms with Crippen molar-refractivity contribution in [1.29, 1.82) is 0 Å². The summed E-state index contributed by atoms with van der Waals surface area (Å²) in [6.45, 7) is 3.75. The number of benzene rings is 3. The first-order valence-electron chi connectivity index (χ1n) is 10.7. The van der Waals surface area contributed by atoms with Gasteiger partial charge in [0, 0.05) is 23.1 Å². The van der Waals surface area contributed by atoms with Gasteiger partial charge in [0.2, 0.25) is 0 Å². The normalized spacial score (nSPS) is 10.9. The van der Waals surface area contributed by atoms with Crippen LogP contribution in [0.15, 0.2) is 78.9 Å². The van der Waals surface area contributed by atoms with E-state index in [0.717, 1.165) is 16.9 Å². The number of amides is 1. The molecule has 8 nitrogen and oxygen atoms in total. The van der Waals surface area contributed by atoms with Crippen molar-refractivity contribution in [1.82, 2.24) is 15.0 Å². The minimum absolute atomic E-state index is 0.118. The Morgan fingerprint density at radius 1 is 0.939 bits per heavy atom. The van der Waals surface area contributed by atoms with E-state index < -0.39 is 11.9 Å². The molecule has 168 valence electrons. The molecule has 0 bridgehead atoms. The van der Waals surface area contributed by atoms with Gasteiger partial charge in [-0.1, -0.05) is 35.5 Å². The topological polar surface area (TPSA) is 89.4 Å². The van der Waals surface area contributed by atoms with E-state index >= 15 is 0 Å². The molecule has 0 aliphatic rings. The summed E-state index contributed by atoms with van der Waals surface area (Å²) in [4.78, 5) is 26.6. The van der Waals surface area contributed by atoms with Crippen LogP contribution in [0.1, 0.15) is 13.8 Å². The van der Waals surface area contributed by atoms with Crippen LogP contribution in [-0.4, -0.2) is 39.5 Å². The first kappa shape index (κ1) is 22.0. The van der Waals surface area contributed by atoms with Gasteiger partial charge in [0.1, 0.15) is 12.1 Å². The zero-order valence-electron chi connectivity index (χ0n) is 18.5. The maximum atomic E-state index is 12.2. The van der Waals surface area contributed by atoms with Gasteiger partial charge in [-0.15, -0.1) is 5.10 Å². The van der Waals surface area contributed by atoms with Crippen molar-refractivity contribution in [3.8, 4) is 0 Å². The molecule has 1 amide bonds. The van der Waals surface area contributed by atoms with Crippen molar-refractivity contribution >= 4 is 40.0 Å². The van der Waals surface area contributed by atoms with Gasteiger partial charge >= 0.3 is 5.97 Å². The van der Waals surface area contributed by atoms with Crippen molar-refractivity contribution in [2.75, 3.05) is 16.8 Å². The smallest absolute Gasteiger partial charge is 0.328 e. The minimum atomic E-state index is -0.563. The summed E-state index contributed by atoms with van der Waals surface area (Å²) in [5.41, 5.74) is 4.15. The van der Waals surface area contributed by atoms with Crippen LogP contribution in [0.3, 0.4) is 0 Å². The molecule has 8 heteroatoms. The Labute approximate surface area is 191 Å². The predicted molar refractivity (Wildman–Crippen MR) is 127 cm³/mol. The Morgan fingerprint density at radius 3 is 2.33 bits per heavy atom. The molecule has 1 heterocycles. The Kier molecular flexibility index (Phi) is 6.64. The Morgan fingerprint density at radius 2 is 1.61 bits per heavy atom. The first-order chi connectivity index (χ1) is 16.0. The second-order valence-corrected chi connectivity index (χ2v) is 7.79. The number of esters is 1. The molecule has 0 radical (unpaired) electrons. The van der Waals surface area contributed by atoms with Crippen LogP contribution in [0.2, 0.25) is 0 Å². The van der Waals surface area contributed by atoms with E-state index in [1.807, 2.05) is 66.7 Å². The number of carbonyl (C=O) groups excluding carboxylic acids is 2. The summed E-state index contributed by atoms with van der Waals surface area (Å²) in [6, 6.07) is 25.2. The van der Waals surface area contributed by atoms with Crippen molar-refractivity contribution in [3.05, 3.63) is 78.9 Å². The molecule has 33 heavy (non-hydrogen) atoms. The standard InChI is InChI=1S/C25H25N5O3/c1-18(2)30(20-8-4-3-5-9-20)21-14-12-19(13-15-21)26-24(31)17-33-25(32)16-29-23-11-7-6-10-22(23)27-28-29/h3-15,18H,16-17H2,1-2H3,(H,26,31). The average Bonchev–Trinajstić information content (AvgIpc) is 3.22. The fourth-order valence-electron chi connectivity index (χ4n) is 3.58. The monoisotopic (exact) mass is 443 g/mol. The van der Waals surface area contributed by atoms with Crippen LogP contribution in [0.4, 0.5) is 17.1 Å². The fraction of sp³-hybridized carbons (Fsp3) is 0.200. The van der Waals surface area contributed by atoms with E-state index in [1.165, 1.54) is 4.68 Å². The Balaban J connectivity index is 1.31. The second-order valence-electron chi connectivity index (χ2n) is 7.79. The van der Waals surface area contributed by atoms with Crippen LogP contribution in [0.25, 0.3) is 11.0 Å². The van der Waals surface area contributed by atoms with E-state index in [-0.39, 0.29) is 19.2 Å². The highest BCUT2D eigenvalue weighted by molar-refractivity contribution is 5.93. The van der Waals surface area contributed by atoms with Crippen LogP contribution in [0, 0.1) is 0 Å². The van der Waals surface area contributed by atoms with Crippen molar-refractivity contribution in [2.45, 2.75) is 26.4 Å². The van der Waals surface area contributed by atoms with E-state index in [1.54, 1.807) is 0 Å². The van der Waals surface area contributed by atoms with Crippen LogP contribution in [0.5, 0.6) is 0 Å². The lowest BCUT2D eigenvalue weighted by molar-refractivity contribution is -0.148. The molecule has 0 atom stereocenters. The van der Waals surface area contributed by atoms with Gasteiger partial charge in [0.25, 0.3) is 5.91 Å². The number of rotatable bonds is 8. The Bertz CT molecular complexity index is 1240. The number of hydrogen-bond acceptors (Lipinski definition) is 6. The molecule has 3 aromatic carbocycles. The maximum absolute atomic E-state index is 12.2. The summed E-state index contributed by atoms with van der Waals surface area (Å²) in [5.74, 6) is -0.977. The molecule has 0 fully saturated rings. The number of anilines is 3. The third kappa shape index (κ3) is 5.35. The van der Waals surface area contributed by atoms with Crippen LogP contribution < -0.4 is 10.2 Å². The lowest BCUT2D eigenvalue weighted by Gasteiger charge is -2.29. The molecule has 0 aliphatic carbocycles. The highest BCUT2D eigenvalue weighted by atomic mass is 16.5. The number of hydrogen-bond donors (Lipinski definition) is 1. The van der Waals surface area contributed by atoms with Crippen LogP contribution >= 0.6 is 0 Å². The van der Waals surface area contributed by atoms with Gasteiger partial charge in [0.15, 0.2) is 6.61 Å². The maximum Gasteiger partial charge on any atom is 0.328 e. The van der Waals surface area contributed by atoms with E-state index in [2.05, 4.69) is 46.5 Å². The summed E-state index contributed by atoms with van der Waals surface area (Å²) in [5, 5.41) is 10.7. The van der Waals surface area contributed by atoms with Gasteiger partial charge < -0.3 is 15.0 Å². The van der Waals surface area contributed by atoms with E-state index in [0.29, 0.717) is 11.2 Å². The molecule has 0 aliphatic heterocycles. The largest absolute Gasteiger partial charge is 0.454 e. The predicted octanol–water partition coefficient (Wildman–Crippen LogP) is 4.16. The van der Waals surface area contributed by atoms with Crippen LogP contribution in [-0.2, 0) is 20.9 Å². The van der Waals surface area contributed by atoms with Gasteiger partial charge in [-0.05, 0) is 62.4 Å². The first-order valence-corrected chi connectivity index (χ1v) is 10.7. The highest BCUT2D eigenvalue weighted by Crippen LogP contribution is 2.28. The number of carbonyl (C=O) groups is 2. The molecular weight excluding hydrogens is 418 g/mol. The number of para-hydroxylation sites is 2. The van der Waals surface area contributed by atoms with Gasteiger partial charge in [-0.2, -0.15) is 0 Å². The summed E-state index contributed by atoms with van der Waals surface area (Å²) < 4.78 is 6.55. The second kappa shape index (κ2) is 9.95. The zero-order valence-corrected chi connectivity index (χ0v) is 18.5. The molecule has 0 spiro atoms. The molecule has 0 unspecified atom stereocenters. The summed E-state index contributed by atoms with van der Waals surface area (Å²) >= 11 is 0. The lowest BCUT2D eigenvalue weighted by atomic mass is 10.2. The molecule has 0 saturated heterocycles. The van der Waals surface area contributed by atoms with E-state index in [9.17, 15) is 9.59 Å². The highest BCUT2D eigenvalue weighted by Gasteiger charge is 2.14. The summed E-state index contributed by atoms with van der Waals surface area (Å²) in [7, 11) is 0. The molecule has 4 aromatic rings. The number of ether oxygens (including phenoxy) is 1.